The topological polar surface area (TPSA) is 101 Å². The highest BCUT2D eigenvalue weighted by Gasteiger charge is 2.20. The van der Waals surface area contributed by atoms with Gasteiger partial charge in [-0.15, -0.1) is 12.4 Å². The monoisotopic (exact) mass is 521 g/mol. The SMILES string of the molecule is CN(C)CCC=C1c2ccccc2Sc2ccc(Cl)cc21.Cl.O=C(O)c1cc(O)c(O)c(O)c1. The molecular formula is C25H25Cl2NO5S. The highest BCUT2D eigenvalue weighted by atomic mass is 35.5. The van der Waals surface area contributed by atoms with Crippen LogP contribution < -0.4 is 0 Å². The molecule has 3 aromatic carbocycles. The van der Waals surface area contributed by atoms with Gasteiger partial charge >= 0.3 is 5.97 Å². The number of carboxylic acid groups (broad SMARTS) is 1. The van der Waals surface area contributed by atoms with Crippen LogP contribution in [0.3, 0.4) is 0 Å². The van der Waals surface area contributed by atoms with Crippen molar-refractivity contribution in [3.8, 4) is 17.2 Å². The Morgan fingerprint density at radius 3 is 2.21 bits per heavy atom. The molecule has 34 heavy (non-hydrogen) atoms. The van der Waals surface area contributed by atoms with Crippen molar-refractivity contribution in [1.29, 1.82) is 0 Å². The van der Waals surface area contributed by atoms with Crippen LogP contribution in [-0.4, -0.2) is 51.9 Å². The summed E-state index contributed by atoms with van der Waals surface area (Å²) in [6.45, 7) is 1.05. The first kappa shape index (κ1) is 27.4. The van der Waals surface area contributed by atoms with Crippen molar-refractivity contribution in [2.45, 2.75) is 16.2 Å². The summed E-state index contributed by atoms with van der Waals surface area (Å²) in [7, 11) is 4.21. The number of fused-ring (bicyclic) bond motifs is 2. The number of benzene rings is 3. The zero-order valence-electron chi connectivity index (χ0n) is 18.5. The van der Waals surface area contributed by atoms with Crippen molar-refractivity contribution in [3.05, 3.63) is 82.4 Å². The summed E-state index contributed by atoms with van der Waals surface area (Å²) >= 11 is 8.03. The van der Waals surface area contributed by atoms with E-state index in [0.717, 1.165) is 30.1 Å². The molecule has 6 nitrogen and oxygen atoms in total. The van der Waals surface area contributed by atoms with Gasteiger partial charge in [-0.1, -0.05) is 47.6 Å². The van der Waals surface area contributed by atoms with E-state index < -0.39 is 23.2 Å². The van der Waals surface area contributed by atoms with Crippen LogP contribution in [0.15, 0.2) is 70.5 Å². The van der Waals surface area contributed by atoms with Gasteiger partial charge in [-0.25, -0.2) is 4.79 Å². The zero-order chi connectivity index (χ0) is 24.1. The minimum atomic E-state index is -1.29. The second kappa shape index (κ2) is 12.0. The molecule has 4 N–H and O–H groups in total. The molecule has 0 amide bonds. The summed E-state index contributed by atoms with van der Waals surface area (Å²) < 4.78 is 0. The first-order valence-corrected chi connectivity index (χ1v) is 11.3. The van der Waals surface area contributed by atoms with E-state index in [1.165, 1.54) is 26.5 Å². The predicted octanol–water partition coefficient (Wildman–Crippen LogP) is 6.11. The summed E-state index contributed by atoms with van der Waals surface area (Å²) in [5.41, 5.74) is 3.59. The first-order valence-electron chi connectivity index (χ1n) is 10.1. The Labute approximate surface area is 213 Å². The highest BCUT2D eigenvalue weighted by molar-refractivity contribution is 7.99. The summed E-state index contributed by atoms with van der Waals surface area (Å²) in [6.07, 6.45) is 3.38. The molecule has 1 aliphatic heterocycles. The lowest BCUT2D eigenvalue weighted by Crippen LogP contribution is -2.12. The number of carboxylic acids is 1. The Hall–Kier alpha value is -2.84. The van der Waals surface area contributed by atoms with E-state index in [1.807, 2.05) is 17.8 Å². The van der Waals surface area contributed by atoms with Crippen LogP contribution in [0.4, 0.5) is 0 Å². The third-order valence-corrected chi connectivity index (χ3v) is 6.26. The average Bonchev–Trinajstić information content (AvgIpc) is 2.77. The van der Waals surface area contributed by atoms with Gasteiger partial charge in [-0.05, 0) is 73.6 Å². The molecule has 0 aromatic heterocycles. The molecule has 0 atom stereocenters. The van der Waals surface area contributed by atoms with Gasteiger partial charge in [-0.2, -0.15) is 0 Å². The van der Waals surface area contributed by atoms with Gasteiger partial charge in [0.15, 0.2) is 17.2 Å². The molecule has 0 fully saturated rings. The van der Waals surface area contributed by atoms with E-state index in [9.17, 15) is 4.79 Å². The van der Waals surface area contributed by atoms with Gasteiger partial charge in [-0.3, -0.25) is 0 Å². The normalized spacial score (nSPS) is 12.8. The number of phenols is 3. The van der Waals surface area contributed by atoms with Crippen molar-refractivity contribution in [3.63, 3.8) is 0 Å². The smallest absolute Gasteiger partial charge is 0.335 e. The number of phenolic OH excluding ortho intramolecular Hbond substituents is 3. The zero-order valence-corrected chi connectivity index (χ0v) is 20.9. The summed E-state index contributed by atoms with van der Waals surface area (Å²) in [6, 6.07) is 16.5. The maximum atomic E-state index is 10.3. The van der Waals surface area contributed by atoms with Crippen molar-refractivity contribution in [2.24, 2.45) is 0 Å². The Morgan fingerprint density at radius 1 is 0.971 bits per heavy atom. The lowest BCUT2D eigenvalue weighted by molar-refractivity contribution is 0.0696. The molecule has 4 rings (SSSR count). The summed E-state index contributed by atoms with van der Waals surface area (Å²) in [4.78, 5) is 15.1. The Kier molecular flexibility index (Phi) is 9.70. The van der Waals surface area contributed by atoms with E-state index in [1.54, 1.807) is 0 Å². The van der Waals surface area contributed by atoms with Gasteiger partial charge in [0.2, 0.25) is 0 Å². The van der Waals surface area contributed by atoms with Crippen LogP contribution in [0.2, 0.25) is 5.02 Å². The molecule has 0 aliphatic carbocycles. The van der Waals surface area contributed by atoms with Crippen molar-refractivity contribution in [1.82, 2.24) is 4.90 Å². The quantitative estimate of drug-likeness (QED) is 0.240. The minimum Gasteiger partial charge on any atom is -0.504 e. The molecule has 1 aliphatic rings. The Bertz CT molecular complexity index is 1190. The number of aromatic carboxylic acids is 1. The van der Waals surface area contributed by atoms with E-state index in [4.69, 9.17) is 32.0 Å². The van der Waals surface area contributed by atoms with Crippen LogP contribution in [0.25, 0.3) is 5.57 Å². The second-order valence-corrected chi connectivity index (χ2v) is 9.14. The standard InChI is InChI=1S/C18H18ClNS.C7H6O5.ClH/c1-20(2)11-5-7-14-15-6-3-4-8-17(15)21-18-10-9-13(19)12-16(14)18;8-4-1-3(7(11)12)2-5(9)6(4)10;/h3-4,6-10,12H,5,11H2,1-2H3;1-2,8-10H,(H,11,12);1H. The lowest BCUT2D eigenvalue weighted by atomic mass is 9.96. The third kappa shape index (κ3) is 6.61. The molecule has 3 aromatic rings. The van der Waals surface area contributed by atoms with Gasteiger partial charge < -0.3 is 25.3 Å². The molecule has 0 unspecified atom stereocenters. The average molecular weight is 522 g/mol. The van der Waals surface area contributed by atoms with Crippen LogP contribution >= 0.6 is 35.8 Å². The third-order valence-electron chi connectivity index (χ3n) is 4.87. The fraction of sp³-hybridized carbons (Fsp3) is 0.160. The molecular weight excluding hydrogens is 497 g/mol. The van der Waals surface area contributed by atoms with Crippen LogP contribution in [0.1, 0.15) is 27.9 Å². The number of hydrogen-bond acceptors (Lipinski definition) is 6. The fourth-order valence-corrected chi connectivity index (χ4v) is 4.52. The number of carbonyl (C=O) groups is 1. The number of nitrogens with zero attached hydrogens (tertiary/aromatic N) is 1. The first-order chi connectivity index (χ1) is 15.7. The van der Waals surface area contributed by atoms with E-state index in [0.29, 0.717) is 0 Å². The van der Waals surface area contributed by atoms with E-state index in [2.05, 4.69) is 61.5 Å². The van der Waals surface area contributed by atoms with E-state index >= 15 is 0 Å². The predicted molar refractivity (Wildman–Crippen MR) is 138 cm³/mol. The minimum absolute atomic E-state index is 0. The van der Waals surface area contributed by atoms with Crippen molar-refractivity contribution < 1.29 is 25.2 Å². The van der Waals surface area contributed by atoms with Gasteiger partial charge in [0.05, 0.1) is 5.56 Å². The molecule has 0 spiro atoms. The Morgan fingerprint density at radius 2 is 1.59 bits per heavy atom. The van der Waals surface area contributed by atoms with Crippen molar-refractivity contribution in [2.75, 3.05) is 20.6 Å². The number of hydrogen-bond donors (Lipinski definition) is 4. The maximum absolute atomic E-state index is 10.3. The largest absolute Gasteiger partial charge is 0.504 e. The molecule has 180 valence electrons. The maximum Gasteiger partial charge on any atom is 0.335 e. The molecule has 1 heterocycles. The summed E-state index contributed by atoms with van der Waals surface area (Å²) in [5, 5.41) is 35.8. The highest BCUT2D eigenvalue weighted by Crippen LogP contribution is 2.46. The lowest BCUT2D eigenvalue weighted by Gasteiger charge is -2.22. The number of aromatic hydroxyl groups is 3. The van der Waals surface area contributed by atoms with Crippen molar-refractivity contribution >= 4 is 47.3 Å². The number of halogens is 2. The van der Waals surface area contributed by atoms with Crippen LogP contribution in [0, 0.1) is 0 Å². The Balaban J connectivity index is 0.000000270. The second-order valence-electron chi connectivity index (χ2n) is 7.62. The van der Waals surface area contributed by atoms with Gasteiger partial charge in [0.1, 0.15) is 0 Å². The van der Waals surface area contributed by atoms with E-state index in [-0.39, 0.29) is 18.0 Å². The van der Waals surface area contributed by atoms with Crippen LogP contribution in [-0.2, 0) is 0 Å². The molecule has 0 saturated heterocycles. The number of rotatable bonds is 4. The molecule has 0 bridgehead atoms. The molecule has 0 saturated carbocycles. The van der Waals surface area contributed by atoms with Crippen LogP contribution in [0.5, 0.6) is 17.2 Å². The molecule has 9 heteroatoms. The summed E-state index contributed by atoms with van der Waals surface area (Å²) in [5.74, 6) is -3.33. The van der Waals surface area contributed by atoms with Gasteiger partial charge in [0.25, 0.3) is 0 Å². The fourth-order valence-electron chi connectivity index (χ4n) is 3.26. The van der Waals surface area contributed by atoms with Gasteiger partial charge in [0, 0.05) is 21.4 Å². The molecule has 0 radical (unpaired) electrons.